The number of aryl methyl sites for hydroxylation is 2. The highest BCUT2D eigenvalue weighted by Crippen LogP contribution is 2.18. The number of nitrogens with one attached hydrogen (secondary N) is 1. The molecule has 0 bridgehead atoms. The Bertz CT molecular complexity index is 317. The standard InChI is InChI=1S/C15H23N/c1-12-8-13(2)10-14(9-12)11-16-15-6-4-3-5-7-15/h8-10,15-16H,3-7,11H2,1-2H3. The highest BCUT2D eigenvalue weighted by atomic mass is 14.9. The van der Waals surface area contributed by atoms with Gasteiger partial charge in [0.1, 0.15) is 0 Å². The molecule has 0 radical (unpaired) electrons. The molecule has 1 aromatic rings. The molecule has 1 saturated carbocycles. The lowest BCUT2D eigenvalue weighted by Gasteiger charge is -2.23. The van der Waals surface area contributed by atoms with Crippen molar-refractivity contribution in [2.24, 2.45) is 0 Å². The van der Waals surface area contributed by atoms with E-state index < -0.39 is 0 Å². The summed E-state index contributed by atoms with van der Waals surface area (Å²) in [6.07, 6.45) is 6.98. The van der Waals surface area contributed by atoms with Gasteiger partial charge in [-0.2, -0.15) is 0 Å². The molecule has 2 rings (SSSR count). The van der Waals surface area contributed by atoms with Gasteiger partial charge < -0.3 is 5.32 Å². The maximum atomic E-state index is 3.69. The predicted molar refractivity (Wildman–Crippen MR) is 69.6 cm³/mol. The lowest BCUT2D eigenvalue weighted by Crippen LogP contribution is -2.30. The second-order valence-electron chi connectivity index (χ2n) is 5.21. The largest absolute Gasteiger partial charge is 0.310 e. The molecule has 0 heterocycles. The van der Waals surface area contributed by atoms with E-state index in [0.717, 1.165) is 12.6 Å². The summed E-state index contributed by atoms with van der Waals surface area (Å²) in [5, 5.41) is 3.69. The third-order valence-electron chi connectivity index (χ3n) is 3.48. The summed E-state index contributed by atoms with van der Waals surface area (Å²) in [4.78, 5) is 0. The van der Waals surface area contributed by atoms with E-state index in [9.17, 15) is 0 Å². The molecule has 0 amide bonds. The van der Waals surface area contributed by atoms with Gasteiger partial charge in [0, 0.05) is 12.6 Å². The average Bonchev–Trinajstić information content (AvgIpc) is 2.27. The maximum absolute atomic E-state index is 3.69. The van der Waals surface area contributed by atoms with Gasteiger partial charge >= 0.3 is 0 Å². The third-order valence-corrected chi connectivity index (χ3v) is 3.48. The molecule has 1 aliphatic rings. The van der Waals surface area contributed by atoms with Gasteiger partial charge in [0.2, 0.25) is 0 Å². The van der Waals surface area contributed by atoms with Crippen molar-refractivity contribution in [3.05, 3.63) is 34.9 Å². The molecule has 88 valence electrons. The van der Waals surface area contributed by atoms with Gasteiger partial charge in [-0.25, -0.2) is 0 Å². The Morgan fingerprint density at radius 2 is 1.62 bits per heavy atom. The quantitative estimate of drug-likeness (QED) is 0.813. The molecule has 1 heteroatoms. The Labute approximate surface area is 99.3 Å². The van der Waals surface area contributed by atoms with Gasteiger partial charge in [0.15, 0.2) is 0 Å². The first kappa shape index (κ1) is 11.7. The summed E-state index contributed by atoms with van der Waals surface area (Å²) >= 11 is 0. The Kier molecular flexibility index (Phi) is 4.00. The van der Waals surface area contributed by atoms with E-state index in [2.05, 4.69) is 37.4 Å². The van der Waals surface area contributed by atoms with Crippen LogP contribution < -0.4 is 5.32 Å². The summed E-state index contributed by atoms with van der Waals surface area (Å²) in [6, 6.07) is 7.59. The van der Waals surface area contributed by atoms with Crippen molar-refractivity contribution in [1.82, 2.24) is 5.32 Å². The topological polar surface area (TPSA) is 12.0 Å². The van der Waals surface area contributed by atoms with Gasteiger partial charge in [-0.3, -0.25) is 0 Å². The van der Waals surface area contributed by atoms with E-state index in [1.807, 2.05) is 0 Å². The summed E-state index contributed by atoms with van der Waals surface area (Å²) in [7, 11) is 0. The molecule has 0 spiro atoms. The van der Waals surface area contributed by atoms with Crippen molar-refractivity contribution >= 4 is 0 Å². The summed E-state index contributed by atoms with van der Waals surface area (Å²) in [5.74, 6) is 0. The van der Waals surface area contributed by atoms with Crippen LogP contribution in [0.3, 0.4) is 0 Å². The van der Waals surface area contributed by atoms with E-state index in [1.165, 1.54) is 48.8 Å². The second kappa shape index (κ2) is 5.49. The summed E-state index contributed by atoms with van der Waals surface area (Å²) in [5.41, 5.74) is 4.18. The Balaban J connectivity index is 1.88. The lowest BCUT2D eigenvalue weighted by molar-refractivity contribution is 0.372. The van der Waals surface area contributed by atoms with Crippen LogP contribution in [0.5, 0.6) is 0 Å². The fourth-order valence-electron chi connectivity index (χ4n) is 2.74. The monoisotopic (exact) mass is 217 g/mol. The van der Waals surface area contributed by atoms with Crippen LogP contribution in [0, 0.1) is 13.8 Å². The molecule has 0 unspecified atom stereocenters. The first-order valence-electron chi connectivity index (χ1n) is 6.54. The number of hydrogen-bond acceptors (Lipinski definition) is 1. The van der Waals surface area contributed by atoms with Crippen molar-refractivity contribution < 1.29 is 0 Å². The van der Waals surface area contributed by atoms with Gasteiger partial charge in [0.25, 0.3) is 0 Å². The van der Waals surface area contributed by atoms with E-state index >= 15 is 0 Å². The molecule has 1 N–H and O–H groups in total. The van der Waals surface area contributed by atoms with Gasteiger partial charge in [-0.15, -0.1) is 0 Å². The van der Waals surface area contributed by atoms with Crippen molar-refractivity contribution in [3.63, 3.8) is 0 Å². The van der Waals surface area contributed by atoms with E-state index in [-0.39, 0.29) is 0 Å². The average molecular weight is 217 g/mol. The predicted octanol–water partition coefficient (Wildman–Crippen LogP) is 3.73. The molecule has 0 saturated heterocycles. The smallest absolute Gasteiger partial charge is 0.0208 e. The van der Waals surface area contributed by atoms with Crippen molar-refractivity contribution in [1.29, 1.82) is 0 Å². The van der Waals surface area contributed by atoms with Crippen LogP contribution in [0.25, 0.3) is 0 Å². The van der Waals surface area contributed by atoms with Gasteiger partial charge in [0.05, 0.1) is 0 Å². The zero-order chi connectivity index (χ0) is 11.4. The van der Waals surface area contributed by atoms with Crippen LogP contribution >= 0.6 is 0 Å². The molecule has 1 aliphatic carbocycles. The molecule has 1 fully saturated rings. The third kappa shape index (κ3) is 3.34. The fourth-order valence-corrected chi connectivity index (χ4v) is 2.74. The Morgan fingerprint density at radius 1 is 1.00 bits per heavy atom. The van der Waals surface area contributed by atoms with Crippen LogP contribution in [-0.4, -0.2) is 6.04 Å². The van der Waals surface area contributed by atoms with Crippen LogP contribution in [-0.2, 0) is 6.54 Å². The van der Waals surface area contributed by atoms with E-state index in [4.69, 9.17) is 0 Å². The molecular formula is C15H23N. The van der Waals surface area contributed by atoms with Crippen molar-refractivity contribution in [3.8, 4) is 0 Å². The fraction of sp³-hybridized carbons (Fsp3) is 0.600. The minimum atomic E-state index is 0.759. The normalized spacial score (nSPS) is 17.6. The molecule has 0 aliphatic heterocycles. The zero-order valence-corrected chi connectivity index (χ0v) is 10.6. The molecule has 0 aromatic heterocycles. The molecule has 1 nitrogen and oxygen atoms in total. The zero-order valence-electron chi connectivity index (χ0n) is 10.6. The highest BCUT2D eigenvalue weighted by molar-refractivity contribution is 5.28. The first-order valence-corrected chi connectivity index (χ1v) is 6.54. The van der Waals surface area contributed by atoms with Crippen LogP contribution in [0.15, 0.2) is 18.2 Å². The summed E-state index contributed by atoms with van der Waals surface area (Å²) in [6.45, 7) is 5.39. The van der Waals surface area contributed by atoms with E-state index in [0.29, 0.717) is 0 Å². The maximum Gasteiger partial charge on any atom is 0.0208 e. The van der Waals surface area contributed by atoms with Crippen LogP contribution in [0.1, 0.15) is 48.8 Å². The number of benzene rings is 1. The van der Waals surface area contributed by atoms with Crippen molar-refractivity contribution in [2.75, 3.05) is 0 Å². The molecule has 1 aromatic carbocycles. The van der Waals surface area contributed by atoms with E-state index in [1.54, 1.807) is 0 Å². The van der Waals surface area contributed by atoms with Crippen LogP contribution in [0.2, 0.25) is 0 Å². The lowest BCUT2D eigenvalue weighted by atomic mass is 9.95. The van der Waals surface area contributed by atoms with Gasteiger partial charge in [-0.05, 0) is 32.3 Å². The highest BCUT2D eigenvalue weighted by Gasteiger charge is 2.12. The SMILES string of the molecule is Cc1cc(C)cc(CNC2CCCCC2)c1. The molecule has 0 atom stereocenters. The Morgan fingerprint density at radius 3 is 2.25 bits per heavy atom. The first-order chi connectivity index (χ1) is 7.74. The Hall–Kier alpha value is -0.820. The van der Waals surface area contributed by atoms with Crippen molar-refractivity contribution in [2.45, 2.75) is 58.5 Å². The number of hydrogen-bond donors (Lipinski definition) is 1. The minimum Gasteiger partial charge on any atom is -0.310 e. The second-order valence-corrected chi connectivity index (χ2v) is 5.21. The minimum absolute atomic E-state index is 0.759. The number of rotatable bonds is 3. The summed E-state index contributed by atoms with van der Waals surface area (Å²) < 4.78 is 0. The van der Waals surface area contributed by atoms with Gasteiger partial charge in [-0.1, -0.05) is 48.6 Å². The molecule has 16 heavy (non-hydrogen) atoms. The molecular weight excluding hydrogens is 194 g/mol. The van der Waals surface area contributed by atoms with Crippen LogP contribution in [0.4, 0.5) is 0 Å².